The molecule has 0 amide bonds. The van der Waals surface area contributed by atoms with Crippen LogP contribution in [0.1, 0.15) is 5.56 Å². The van der Waals surface area contributed by atoms with Crippen molar-refractivity contribution in [1.82, 2.24) is 10.2 Å². The fourth-order valence-corrected chi connectivity index (χ4v) is 2.03. The summed E-state index contributed by atoms with van der Waals surface area (Å²) in [6.07, 6.45) is 0. The fourth-order valence-electron chi connectivity index (χ4n) is 1.26. The van der Waals surface area contributed by atoms with Gasteiger partial charge < -0.3 is 5.32 Å². The van der Waals surface area contributed by atoms with E-state index in [1.807, 2.05) is 37.4 Å². The van der Waals surface area contributed by atoms with E-state index in [0.29, 0.717) is 0 Å². The fraction of sp³-hybridized carbons (Fsp3) is 0.167. The summed E-state index contributed by atoms with van der Waals surface area (Å²) in [7, 11) is 1.83. The molecule has 0 bridgehead atoms. The highest BCUT2D eigenvalue weighted by Crippen LogP contribution is 2.20. The van der Waals surface area contributed by atoms with E-state index in [-0.39, 0.29) is 0 Å². The van der Waals surface area contributed by atoms with E-state index in [1.165, 1.54) is 5.56 Å². The molecule has 1 aromatic carbocycles. The Hall–Kier alpha value is -1.55. The summed E-state index contributed by atoms with van der Waals surface area (Å²) in [5.41, 5.74) is 1.30. The zero-order chi connectivity index (χ0) is 11.2. The molecule has 0 aliphatic rings. The highest BCUT2D eigenvalue weighted by Gasteiger charge is 1.98. The smallest absolute Gasteiger partial charge is 0.148 e. The van der Waals surface area contributed by atoms with Gasteiger partial charge in [0.15, 0.2) is 0 Å². The number of rotatable bonds is 4. The van der Waals surface area contributed by atoms with Crippen molar-refractivity contribution >= 4 is 17.6 Å². The Balaban J connectivity index is 1.94. The SMILES string of the molecule is CNc1ccc(SCc2ccccc2)nn1. The van der Waals surface area contributed by atoms with Crippen molar-refractivity contribution in [2.45, 2.75) is 10.8 Å². The molecule has 2 rings (SSSR count). The molecule has 0 aliphatic carbocycles. The Morgan fingerprint density at radius 2 is 1.88 bits per heavy atom. The minimum atomic E-state index is 0.795. The minimum Gasteiger partial charge on any atom is -0.372 e. The number of hydrogen-bond acceptors (Lipinski definition) is 4. The molecule has 82 valence electrons. The predicted molar refractivity (Wildman–Crippen MR) is 67.6 cm³/mol. The Kier molecular flexibility index (Phi) is 3.77. The Morgan fingerprint density at radius 3 is 2.50 bits per heavy atom. The third kappa shape index (κ3) is 2.97. The van der Waals surface area contributed by atoms with Gasteiger partial charge in [0.2, 0.25) is 0 Å². The van der Waals surface area contributed by atoms with E-state index in [4.69, 9.17) is 0 Å². The molecule has 1 aromatic heterocycles. The van der Waals surface area contributed by atoms with E-state index in [9.17, 15) is 0 Å². The highest BCUT2D eigenvalue weighted by molar-refractivity contribution is 7.98. The van der Waals surface area contributed by atoms with Crippen molar-refractivity contribution in [2.75, 3.05) is 12.4 Å². The van der Waals surface area contributed by atoms with Gasteiger partial charge in [-0.25, -0.2) is 0 Å². The number of aromatic nitrogens is 2. The normalized spacial score (nSPS) is 10.1. The van der Waals surface area contributed by atoms with Crippen LogP contribution in [0.5, 0.6) is 0 Å². The van der Waals surface area contributed by atoms with Crippen molar-refractivity contribution in [3.63, 3.8) is 0 Å². The van der Waals surface area contributed by atoms with Gasteiger partial charge >= 0.3 is 0 Å². The van der Waals surface area contributed by atoms with Crippen LogP contribution in [0, 0.1) is 0 Å². The molecule has 16 heavy (non-hydrogen) atoms. The number of nitrogens with one attached hydrogen (secondary N) is 1. The van der Waals surface area contributed by atoms with Crippen LogP contribution in [-0.4, -0.2) is 17.2 Å². The van der Waals surface area contributed by atoms with Crippen LogP contribution >= 0.6 is 11.8 Å². The lowest BCUT2D eigenvalue weighted by atomic mass is 10.2. The summed E-state index contributed by atoms with van der Waals surface area (Å²) < 4.78 is 0. The lowest BCUT2D eigenvalue weighted by Crippen LogP contribution is -1.94. The molecule has 0 aliphatic heterocycles. The van der Waals surface area contributed by atoms with E-state index >= 15 is 0 Å². The van der Waals surface area contributed by atoms with Gasteiger partial charge in [0.25, 0.3) is 0 Å². The van der Waals surface area contributed by atoms with Gasteiger partial charge in [-0.2, -0.15) is 0 Å². The molecule has 3 nitrogen and oxygen atoms in total. The van der Waals surface area contributed by atoms with Crippen LogP contribution in [0.15, 0.2) is 47.5 Å². The molecule has 0 spiro atoms. The number of thioether (sulfide) groups is 1. The second kappa shape index (κ2) is 5.51. The Bertz CT molecular complexity index is 428. The van der Waals surface area contributed by atoms with Gasteiger partial charge in [0.05, 0.1) is 0 Å². The molecule has 0 atom stereocenters. The van der Waals surface area contributed by atoms with Crippen molar-refractivity contribution in [1.29, 1.82) is 0 Å². The van der Waals surface area contributed by atoms with Gasteiger partial charge in [-0.05, 0) is 17.7 Å². The first kappa shape index (κ1) is 11.0. The lowest BCUT2D eigenvalue weighted by molar-refractivity contribution is 0.932. The topological polar surface area (TPSA) is 37.8 Å². The number of hydrogen-bond donors (Lipinski definition) is 1. The molecule has 0 radical (unpaired) electrons. The number of anilines is 1. The first-order valence-corrected chi connectivity index (χ1v) is 6.05. The van der Waals surface area contributed by atoms with Gasteiger partial charge in [0.1, 0.15) is 10.8 Å². The summed E-state index contributed by atoms with van der Waals surface area (Å²) in [4.78, 5) is 0. The van der Waals surface area contributed by atoms with Crippen molar-refractivity contribution < 1.29 is 0 Å². The number of benzene rings is 1. The summed E-state index contributed by atoms with van der Waals surface area (Å²) in [6, 6.07) is 14.3. The molecule has 2 aromatic rings. The standard InChI is InChI=1S/C12H13N3S/c1-13-11-7-8-12(15-14-11)16-9-10-5-3-2-4-6-10/h2-8H,9H2,1H3,(H,13,14). The lowest BCUT2D eigenvalue weighted by Gasteiger charge is -2.01. The maximum atomic E-state index is 4.12. The van der Waals surface area contributed by atoms with Gasteiger partial charge in [0, 0.05) is 12.8 Å². The highest BCUT2D eigenvalue weighted by atomic mass is 32.2. The maximum Gasteiger partial charge on any atom is 0.148 e. The van der Waals surface area contributed by atoms with Crippen molar-refractivity contribution in [3.8, 4) is 0 Å². The van der Waals surface area contributed by atoms with Crippen molar-refractivity contribution in [3.05, 3.63) is 48.0 Å². The van der Waals surface area contributed by atoms with E-state index in [2.05, 4.69) is 27.6 Å². The summed E-state index contributed by atoms with van der Waals surface area (Å²) in [6.45, 7) is 0. The molecule has 1 N–H and O–H groups in total. The Labute approximate surface area is 99.3 Å². The van der Waals surface area contributed by atoms with Gasteiger partial charge in [-0.15, -0.1) is 10.2 Å². The molecule has 1 heterocycles. The second-order valence-corrected chi connectivity index (χ2v) is 4.28. The molecule has 0 unspecified atom stereocenters. The molecule has 4 heteroatoms. The molecule has 0 saturated carbocycles. The van der Waals surface area contributed by atoms with Crippen molar-refractivity contribution in [2.24, 2.45) is 0 Å². The minimum absolute atomic E-state index is 0.795. The molecular formula is C12H13N3S. The average Bonchev–Trinajstić information content (AvgIpc) is 2.38. The quantitative estimate of drug-likeness (QED) is 0.821. The van der Waals surface area contributed by atoms with Crippen LogP contribution in [0.25, 0.3) is 0 Å². The number of nitrogens with zero attached hydrogens (tertiary/aromatic N) is 2. The largest absolute Gasteiger partial charge is 0.372 e. The summed E-state index contributed by atoms with van der Waals surface area (Å²) in [5.74, 6) is 1.72. The van der Waals surface area contributed by atoms with E-state index < -0.39 is 0 Å². The van der Waals surface area contributed by atoms with Crippen LogP contribution in [0.2, 0.25) is 0 Å². The third-order valence-electron chi connectivity index (χ3n) is 2.13. The van der Waals surface area contributed by atoms with Crippen LogP contribution in [0.3, 0.4) is 0 Å². The summed E-state index contributed by atoms with van der Waals surface area (Å²) >= 11 is 1.69. The summed E-state index contributed by atoms with van der Waals surface area (Å²) in [5, 5.41) is 12.0. The molecular weight excluding hydrogens is 218 g/mol. The van der Waals surface area contributed by atoms with Gasteiger partial charge in [-0.1, -0.05) is 42.1 Å². The second-order valence-electron chi connectivity index (χ2n) is 3.28. The third-order valence-corrected chi connectivity index (χ3v) is 3.12. The van der Waals surface area contributed by atoms with Crippen LogP contribution in [-0.2, 0) is 5.75 Å². The van der Waals surface area contributed by atoms with Crippen LogP contribution in [0.4, 0.5) is 5.82 Å². The molecule has 0 fully saturated rings. The predicted octanol–water partition coefficient (Wildman–Crippen LogP) is 2.81. The van der Waals surface area contributed by atoms with Gasteiger partial charge in [-0.3, -0.25) is 0 Å². The first-order valence-electron chi connectivity index (χ1n) is 5.06. The van der Waals surface area contributed by atoms with E-state index in [1.54, 1.807) is 11.8 Å². The maximum absolute atomic E-state index is 4.12. The first-order chi connectivity index (χ1) is 7.88. The zero-order valence-corrected chi connectivity index (χ0v) is 9.87. The van der Waals surface area contributed by atoms with E-state index in [0.717, 1.165) is 16.6 Å². The zero-order valence-electron chi connectivity index (χ0n) is 9.05. The monoisotopic (exact) mass is 231 g/mol. The average molecular weight is 231 g/mol. The van der Waals surface area contributed by atoms with Crippen LogP contribution < -0.4 is 5.32 Å². The molecule has 0 saturated heterocycles. The Morgan fingerprint density at radius 1 is 1.06 bits per heavy atom.